The molecule has 0 spiro atoms. The Kier molecular flexibility index (Phi) is 2.00. The van der Waals surface area contributed by atoms with Crippen molar-refractivity contribution in [1.29, 1.82) is 0 Å². The molecule has 1 aromatic rings. The van der Waals surface area contributed by atoms with Crippen LogP contribution in [0.5, 0.6) is 0 Å². The third-order valence-corrected chi connectivity index (χ3v) is 1.98. The highest BCUT2D eigenvalue weighted by atomic mass is 15.1. The summed E-state index contributed by atoms with van der Waals surface area (Å²) in [5.74, 6) is 1.02. The van der Waals surface area contributed by atoms with Gasteiger partial charge in [0.1, 0.15) is 5.82 Å². The van der Waals surface area contributed by atoms with Gasteiger partial charge in [-0.3, -0.25) is 0 Å². The van der Waals surface area contributed by atoms with Crippen molar-refractivity contribution >= 4 is 0 Å². The lowest BCUT2D eigenvalue weighted by Gasteiger charge is -2.07. The zero-order chi connectivity index (χ0) is 8.59. The number of nitrogens with zero attached hydrogens (tertiary/aromatic N) is 2. The standard InChI is InChI=1S/C8H15N3/c1-5(9)8-6(2)10-7(3)11(8)4/h5H,9H2,1-4H3. The summed E-state index contributed by atoms with van der Waals surface area (Å²) in [7, 11) is 1.99. The van der Waals surface area contributed by atoms with Crippen molar-refractivity contribution in [3.05, 3.63) is 17.2 Å². The molecule has 2 N–H and O–H groups in total. The molecular formula is C8H15N3. The summed E-state index contributed by atoms with van der Waals surface area (Å²) >= 11 is 0. The second-order valence-corrected chi connectivity index (χ2v) is 2.98. The fraction of sp³-hybridized carbons (Fsp3) is 0.625. The van der Waals surface area contributed by atoms with E-state index in [1.54, 1.807) is 0 Å². The van der Waals surface area contributed by atoms with Crippen LogP contribution in [0.1, 0.15) is 30.2 Å². The summed E-state index contributed by atoms with van der Waals surface area (Å²) in [5, 5.41) is 0. The Morgan fingerprint density at radius 3 is 2.18 bits per heavy atom. The van der Waals surface area contributed by atoms with Crippen molar-refractivity contribution in [3.63, 3.8) is 0 Å². The number of nitrogens with two attached hydrogens (primary N) is 1. The smallest absolute Gasteiger partial charge is 0.105 e. The molecule has 1 atom stereocenters. The number of imidazole rings is 1. The normalized spacial score (nSPS) is 13.5. The van der Waals surface area contributed by atoms with Gasteiger partial charge in [0.25, 0.3) is 0 Å². The van der Waals surface area contributed by atoms with Crippen molar-refractivity contribution in [2.24, 2.45) is 12.8 Å². The van der Waals surface area contributed by atoms with E-state index in [9.17, 15) is 0 Å². The van der Waals surface area contributed by atoms with Crippen molar-refractivity contribution in [1.82, 2.24) is 9.55 Å². The molecule has 0 bridgehead atoms. The fourth-order valence-electron chi connectivity index (χ4n) is 1.43. The average Bonchev–Trinajstić information content (AvgIpc) is 2.07. The van der Waals surface area contributed by atoms with Gasteiger partial charge in [-0.25, -0.2) is 4.98 Å². The van der Waals surface area contributed by atoms with E-state index in [4.69, 9.17) is 5.73 Å². The highest BCUT2D eigenvalue weighted by Crippen LogP contribution is 2.14. The molecule has 1 unspecified atom stereocenters. The van der Waals surface area contributed by atoms with Crippen molar-refractivity contribution in [3.8, 4) is 0 Å². The molecule has 0 radical (unpaired) electrons. The molecule has 0 aliphatic heterocycles. The first-order chi connectivity index (χ1) is 5.04. The monoisotopic (exact) mass is 153 g/mol. The van der Waals surface area contributed by atoms with Gasteiger partial charge in [0.15, 0.2) is 0 Å². The number of hydrogen-bond acceptors (Lipinski definition) is 2. The Labute approximate surface area is 67.2 Å². The number of aryl methyl sites for hydroxylation is 2. The molecule has 3 heteroatoms. The Balaban J connectivity index is 3.22. The lowest BCUT2D eigenvalue weighted by molar-refractivity contribution is 0.697. The summed E-state index contributed by atoms with van der Waals surface area (Å²) < 4.78 is 2.04. The Bertz CT molecular complexity index is 261. The molecular weight excluding hydrogens is 138 g/mol. The average molecular weight is 153 g/mol. The van der Waals surface area contributed by atoms with Crippen molar-refractivity contribution in [2.75, 3.05) is 0 Å². The second kappa shape index (κ2) is 2.66. The summed E-state index contributed by atoms with van der Waals surface area (Å²) in [5.41, 5.74) is 7.94. The van der Waals surface area contributed by atoms with Gasteiger partial charge in [-0.1, -0.05) is 0 Å². The van der Waals surface area contributed by atoms with Crippen LogP contribution >= 0.6 is 0 Å². The number of hydrogen-bond donors (Lipinski definition) is 1. The first kappa shape index (κ1) is 8.27. The Morgan fingerprint density at radius 1 is 1.45 bits per heavy atom. The maximum atomic E-state index is 5.77. The predicted molar refractivity (Wildman–Crippen MR) is 45.3 cm³/mol. The van der Waals surface area contributed by atoms with Gasteiger partial charge in [-0.05, 0) is 20.8 Å². The van der Waals surface area contributed by atoms with Gasteiger partial charge < -0.3 is 10.3 Å². The summed E-state index contributed by atoms with van der Waals surface area (Å²) in [6.07, 6.45) is 0. The van der Waals surface area contributed by atoms with Gasteiger partial charge in [-0.15, -0.1) is 0 Å². The number of rotatable bonds is 1. The van der Waals surface area contributed by atoms with E-state index in [0.717, 1.165) is 17.2 Å². The summed E-state index contributed by atoms with van der Waals surface area (Å²) in [6, 6.07) is 0.0706. The summed E-state index contributed by atoms with van der Waals surface area (Å²) in [4.78, 5) is 4.31. The van der Waals surface area contributed by atoms with Crippen LogP contribution in [0.4, 0.5) is 0 Å². The lowest BCUT2D eigenvalue weighted by atomic mass is 10.2. The minimum Gasteiger partial charge on any atom is -0.334 e. The molecule has 3 nitrogen and oxygen atoms in total. The van der Waals surface area contributed by atoms with Crippen LogP contribution in [0.15, 0.2) is 0 Å². The molecule has 0 saturated carbocycles. The van der Waals surface area contributed by atoms with Crippen LogP contribution in [0.3, 0.4) is 0 Å². The van der Waals surface area contributed by atoms with Gasteiger partial charge >= 0.3 is 0 Å². The van der Waals surface area contributed by atoms with Crippen LogP contribution in [-0.2, 0) is 7.05 Å². The van der Waals surface area contributed by atoms with Gasteiger partial charge in [-0.2, -0.15) is 0 Å². The largest absolute Gasteiger partial charge is 0.334 e. The van der Waals surface area contributed by atoms with E-state index in [1.165, 1.54) is 0 Å². The van der Waals surface area contributed by atoms with Gasteiger partial charge in [0.05, 0.1) is 11.4 Å². The van der Waals surface area contributed by atoms with E-state index >= 15 is 0 Å². The maximum absolute atomic E-state index is 5.77. The molecule has 1 aromatic heterocycles. The molecule has 0 aliphatic rings. The van der Waals surface area contributed by atoms with Crippen LogP contribution in [0.25, 0.3) is 0 Å². The van der Waals surface area contributed by atoms with Crippen LogP contribution < -0.4 is 5.73 Å². The summed E-state index contributed by atoms with van der Waals surface area (Å²) in [6.45, 7) is 5.95. The predicted octanol–water partition coefficient (Wildman–Crippen LogP) is 1.06. The van der Waals surface area contributed by atoms with E-state index < -0.39 is 0 Å². The molecule has 62 valence electrons. The molecule has 1 heterocycles. The zero-order valence-corrected chi connectivity index (χ0v) is 7.55. The Hall–Kier alpha value is -0.830. The molecule has 0 amide bonds. The SMILES string of the molecule is Cc1nc(C)n(C)c1C(C)N. The topological polar surface area (TPSA) is 43.8 Å². The van der Waals surface area contributed by atoms with E-state index in [0.29, 0.717) is 0 Å². The van der Waals surface area contributed by atoms with Gasteiger partial charge in [0.2, 0.25) is 0 Å². The molecule has 1 rings (SSSR count). The third-order valence-electron chi connectivity index (χ3n) is 1.98. The van der Waals surface area contributed by atoms with Crippen LogP contribution in [-0.4, -0.2) is 9.55 Å². The van der Waals surface area contributed by atoms with E-state index in [-0.39, 0.29) is 6.04 Å². The zero-order valence-electron chi connectivity index (χ0n) is 7.55. The minimum absolute atomic E-state index is 0.0706. The van der Waals surface area contributed by atoms with Gasteiger partial charge in [0, 0.05) is 13.1 Å². The van der Waals surface area contributed by atoms with Crippen molar-refractivity contribution in [2.45, 2.75) is 26.8 Å². The quantitative estimate of drug-likeness (QED) is 0.655. The second-order valence-electron chi connectivity index (χ2n) is 2.98. The Morgan fingerprint density at radius 2 is 2.00 bits per heavy atom. The van der Waals surface area contributed by atoms with Crippen LogP contribution in [0.2, 0.25) is 0 Å². The number of aromatic nitrogens is 2. The van der Waals surface area contributed by atoms with E-state index in [1.807, 2.05) is 32.4 Å². The van der Waals surface area contributed by atoms with Crippen molar-refractivity contribution < 1.29 is 0 Å². The molecule has 0 aliphatic carbocycles. The first-order valence-corrected chi connectivity index (χ1v) is 3.79. The highest BCUT2D eigenvalue weighted by molar-refractivity contribution is 5.17. The molecule has 0 fully saturated rings. The van der Waals surface area contributed by atoms with Crippen LogP contribution in [0, 0.1) is 13.8 Å². The molecule has 0 aromatic carbocycles. The lowest BCUT2D eigenvalue weighted by Crippen LogP contribution is -2.11. The highest BCUT2D eigenvalue weighted by Gasteiger charge is 2.11. The fourth-order valence-corrected chi connectivity index (χ4v) is 1.43. The third kappa shape index (κ3) is 1.28. The van der Waals surface area contributed by atoms with E-state index in [2.05, 4.69) is 4.98 Å². The first-order valence-electron chi connectivity index (χ1n) is 3.79. The molecule has 0 saturated heterocycles. The maximum Gasteiger partial charge on any atom is 0.105 e. The minimum atomic E-state index is 0.0706. The molecule has 11 heavy (non-hydrogen) atoms.